The number of nitrogens with zero attached hydrogens (tertiary/aromatic N) is 1. The molecule has 3 nitrogen and oxygen atoms in total. The summed E-state index contributed by atoms with van der Waals surface area (Å²) in [5.74, 6) is 0.794. The summed E-state index contributed by atoms with van der Waals surface area (Å²) in [6.45, 7) is 0. The third kappa shape index (κ3) is 2.18. The van der Waals surface area contributed by atoms with Gasteiger partial charge in [-0.25, -0.2) is 0 Å². The van der Waals surface area contributed by atoms with Gasteiger partial charge in [-0.15, -0.1) is 24.4 Å². The van der Waals surface area contributed by atoms with Crippen molar-refractivity contribution in [2.45, 2.75) is 6.04 Å². The van der Waals surface area contributed by atoms with E-state index >= 15 is 0 Å². The Balaban J connectivity index is 2.30. The summed E-state index contributed by atoms with van der Waals surface area (Å²) in [5.41, 5.74) is 0.680. The molecule has 1 aliphatic heterocycles. The maximum absolute atomic E-state index is 11.0. The average Bonchev–Trinajstić information content (AvgIpc) is 2.67. The second-order valence-electron chi connectivity index (χ2n) is 3.12. The molecule has 0 aliphatic carbocycles. The highest BCUT2D eigenvalue weighted by atomic mass is 32.2. The van der Waals surface area contributed by atoms with Gasteiger partial charge >= 0.3 is 0 Å². The first-order valence-electron chi connectivity index (χ1n) is 4.40. The number of phenolic OH excluding ortho intramolecular Hbond substituents is 1. The number of hydrogen-bond donors (Lipinski definition) is 2. The molecule has 1 aromatic carbocycles. The van der Waals surface area contributed by atoms with Gasteiger partial charge in [-0.05, 0) is 12.1 Å². The van der Waals surface area contributed by atoms with Crippen molar-refractivity contribution in [3.8, 4) is 5.75 Å². The van der Waals surface area contributed by atoms with E-state index in [9.17, 15) is 9.90 Å². The molecular formula is C10H9NO2S2. The largest absolute Gasteiger partial charge is 0.507 e. The molecule has 1 N–H and O–H groups in total. The van der Waals surface area contributed by atoms with Crippen LogP contribution >= 0.6 is 24.4 Å². The second-order valence-corrected chi connectivity index (χ2v) is 4.57. The van der Waals surface area contributed by atoms with Crippen LogP contribution in [0.15, 0.2) is 29.3 Å². The van der Waals surface area contributed by atoms with Gasteiger partial charge in [-0.3, -0.25) is 9.79 Å². The zero-order valence-electron chi connectivity index (χ0n) is 7.75. The zero-order valence-corrected chi connectivity index (χ0v) is 9.46. The number of rotatable bonds is 2. The van der Waals surface area contributed by atoms with Crippen molar-refractivity contribution in [3.63, 3.8) is 0 Å². The van der Waals surface area contributed by atoms with Crippen molar-refractivity contribution in [1.82, 2.24) is 0 Å². The predicted molar refractivity (Wildman–Crippen MR) is 64.9 cm³/mol. The maximum atomic E-state index is 11.0. The van der Waals surface area contributed by atoms with E-state index < -0.39 is 0 Å². The van der Waals surface area contributed by atoms with Crippen molar-refractivity contribution in [1.29, 1.82) is 0 Å². The second kappa shape index (κ2) is 4.28. The van der Waals surface area contributed by atoms with E-state index in [1.165, 1.54) is 11.8 Å². The molecule has 2 rings (SSSR count). The molecule has 1 atom stereocenters. The molecule has 0 radical (unpaired) electrons. The molecule has 15 heavy (non-hydrogen) atoms. The molecule has 5 heteroatoms. The first-order valence-corrected chi connectivity index (χ1v) is 5.83. The fourth-order valence-electron chi connectivity index (χ4n) is 1.30. The van der Waals surface area contributed by atoms with Gasteiger partial charge in [0.15, 0.2) is 0 Å². The molecule has 0 saturated heterocycles. The molecule has 0 bridgehead atoms. The summed E-state index contributed by atoms with van der Waals surface area (Å²) in [6.07, 6.45) is 0. The first kappa shape index (κ1) is 10.6. The fraction of sp³-hybridized carbons (Fsp3) is 0.200. The highest BCUT2D eigenvalue weighted by Gasteiger charge is 2.24. The van der Waals surface area contributed by atoms with Gasteiger partial charge < -0.3 is 5.11 Å². The molecule has 0 fully saturated rings. The minimum atomic E-state index is -0.382. The maximum Gasteiger partial charge on any atom is 0.211 e. The highest BCUT2D eigenvalue weighted by Crippen LogP contribution is 2.28. The summed E-state index contributed by atoms with van der Waals surface area (Å²) in [4.78, 5) is 15.2. The van der Waals surface area contributed by atoms with E-state index in [-0.39, 0.29) is 16.9 Å². The van der Waals surface area contributed by atoms with Gasteiger partial charge in [0.1, 0.15) is 16.8 Å². The summed E-state index contributed by atoms with van der Waals surface area (Å²) in [6, 6.07) is 6.59. The van der Waals surface area contributed by atoms with Crippen LogP contribution in [0.1, 0.15) is 5.56 Å². The van der Waals surface area contributed by atoms with Gasteiger partial charge in [0, 0.05) is 11.3 Å². The van der Waals surface area contributed by atoms with Gasteiger partial charge in [-0.1, -0.05) is 12.1 Å². The molecule has 0 spiro atoms. The fourth-order valence-corrected chi connectivity index (χ4v) is 2.65. The number of thioether (sulfide) groups is 1. The van der Waals surface area contributed by atoms with Crippen LogP contribution in [0.25, 0.3) is 0 Å². The Morgan fingerprint density at radius 2 is 2.27 bits per heavy atom. The third-order valence-electron chi connectivity index (χ3n) is 2.07. The van der Waals surface area contributed by atoms with Crippen LogP contribution in [0.2, 0.25) is 0 Å². The van der Waals surface area contributed by atoms with Crippen molar-refractivity contribution < 1.29 is 9.90 Å². The Labute approximate surface area is 97.0 Å². The van der Waals surface area contributed by atoms with Crippen molar-refractivity contribution in [2.24, 2.45) is 4.99 Å². The van der Waals surface area contributed by atoms with Crippen LogP contribution in [0.3, 0.4) is 0 Å². The van der Waals surface area contributed by atoms with Crippen LogP contribution in [0.5, 0.6) is 5.75 Å². The van der Waals surface area contributed by atoms with Crippen LogP contribution in [0.4, 0.5) is 0 Å². The van der Waals surface area contributed by atoms with Crippen molar-refractivity contribution in [3.05, 3.63) is 29.8 Å². The van der Waals surface area contributed by atoms with Gasteiger partial charge in [-0.2, -0.15) is 0 Å². The lowest BCUT2D eigenvalue weighted by Gasteiger charge is -2.01. The topological polar surface area (TPSA) is 49.7 Å². The molecule has 0 saturated carbocycles. The number of para-hydroxylation sites is 1. The number of aliphatic imine (C=N–C) groups is 1. The number of carbonyl (C=O) groups is 1. The lowest BCUT2D eigenvalue weighted by Crippen LogP contribution is -2.11. The van der Waals surface area contributed by atoms with Crippen LogP contribution < -0.4 is 0 Å². The van der Waals surface area contributed by atoms with E-state index in [2.05, 4.69) is 17.6 Å². The summed E-state index contributed by atoms with van der Waals surface area (Å²) >= 11 is 5.22. The molecule has 1 aromatic rings. The number of aromatic hydroxyl groups is 1. The number of hydrogen-bond acceptors (Lipinski definition) is 4. The van der Waals surface area contributed by atoms with E-state index in [1.54, 1.807) is 18.2 Å². The molecule has 0 unspecified atom stereocenters. The molecule has 78 valence electrons. The standard InChI is InChI=1S/C10H9NO2S2/c12-8-4-2-1-3-6(8)9-11-7(5-15-9)10(13)14/h1-4,7,12H,5H2,(H,13,14)/t7-/m1/s1. The number of carbonyl (C=O) groups excluding carboxylic acids is 1. The SMILES string of the molecule is O=C(S)[C@H]1CSC(c2ccccc2O)=N1. The number of thiol groups is 1. The third-order valence-corrected chi connectivity index (χ3v) is 3.45. The highest BCUT2D eigenvalue weighted by molar-refractivity contribution is 8.14. The van der Waals surface area contributed by atoms with Crippen molar-refractivity contribution >= 4 is 34.5 Å². The average molecular weight is 239 g/mol. The molecule has 1 aliphatic rings. The van der Waals surface area contributed by atoms with E-state index in [0.717, 1.165) is 0 Å². The minimum absolute atomic E-state index is 0.191. The monoisotopic (exact) mass is 239 g/mol. The van der Waals surface area contributed by atoms with Crippen LogP contribution in [-0.4, -0.2) is 27.1 Å². The summed E-state index contributed by atoms with van der Waals surface area (Å²) < 4.78 is 0. The van der Waals surface area contributed by atoms with Crippen LogP contribution in [0, 0.1) is 0 Å². The lowest BCUT2D eigenvalue weighted by atomic mass is 10.2. The molecule has 0 amide bonds. The molecule has 0 aromatic heterocycles. The first-order chi connectivity index (χ1) is 7.18. The van der Waals surface area contributed by atoms with Crippen molar-refractivity contribution in [2.75, 3.05) is 5.75 Å². The van der Waals surface area contributed by atoms with E-state index in [0.29, 0.717) is 16.4 Å². The zero-order chi connectivity index (χ0) is 10.8. The Morgan fingerprint density at radius 1 is 1.53 bits per heavy atom. The summed E-state index contributed by atoms with van der Waals surface area (Å²) in [5, 5.41) is 10.1. The van der Waals surface area contributed by atoms with Gasteiger partial charge in [0.25, 0.3) is 0 Å². The number of benzene rings is 1. The predicted octanol–water partition coefficient (Wildman–Crippen LogP) is 1.71. The lowest BCUT2D eigenvalue weighted by molar-refractivity contribution is -0.111. The summed E-state index contributed by atoms with van der Waals surface area (Å²) in [7, 11) is 0. The Hall–Kier alpha value is -0.940. The minimum Gasteiger partial charge on any atom is -0.507 e. The van der Waals surface area contributed by atoms with E-state index in [4.69, 9.17) is 0 Å². The Bertz CT molecular complexity index is 431. The van der Waals surface area contributed by atoms with E-state index in [1.807, 2.05) is 6.07 Å². The molecule has 1 heterocycles. The molecular weight excluding hydrogens is 230 g/mol. The Morgan fingerprint density at radius 3 is 2.87 bits per heavy atom. The quantitative estimate of drug-likeness (QED) is 0.772. The van der Waals surface area contributed by atoms with Gasteiger partial charge in [0.05, 0.1) is 0 Å². The normalized spacial score (nSPS) is 20.1. The Kier molecular flexibility index (Phi) is 3.02. The smallest absolute Gasteiger partial charge is 0.211 e. The van der Waals surface area contributed by atoms with Gasteiger partial charge in [0.2, 0.25) is 5.12 Å². The van der Waals surface area contributed by atoms with Crippen LogP contribution in [-0.2, 0) is 4.79 Å². The number of phenols is 1.